The molecule has 1 saturated carbocycles. The van der Waals surface area contributed by atoms with Gasteiger partial charge in [-0.3, -0.25) is 0 Å². The lowest BCUT2D eigenvalue weighted by Gasteiger charge is -2.29. The van der Waals surface area contributed by atoms with Crippen LogP contribution in [0, 0.1) is 23.4 Å². The molecule has 0 heterocycles. The molecule has 0 aliphatic heterocycles. The van der Waals surface area contributed by atoms with Gasteiger partial charge >= 0.3 is 0 Å². The summed E-state index contributed by atoms with van der Waals surface area (Å²) in [5.74, 6) is -1.17. The van der Waals surface area contributed by atoms with E-state index in [0.717, 1.165) is 37.7 Å². The summed E-state index contributed by atoms with van der Waals surface area (Å²) in [7, 11) is 0. The monoisotopic (exact) mass is 512 g/mol. The molecule has 37 heavy (non-hydrogen) atoms. The van der Waals surface area contributed by atoms with Crippen LogP contribution in [0.15, 0.2) is 54.6 Å². The van der Waals surface area contributed by atoms with E-state index in [4.69, 9.17) is 9.47 Å². The zero-order valence-corrected chi connectivity index (χ0v) is 21.5. The van der Waals surface area contributed by atoms with Crippen LogP contribution < -0.4 is 9.47 Å². The minimum Gasteiger partial charge on any atom is -0.493 e. The normalized spacial score (nSPS) is 18.4. The number of rotatable bonds is 10. The molecule has 1 atom stereocenters. The Kier molecular flexibility index (Phi) is 9.14. The molecule has 0 amide bonds. The van der Waals surface area contributed by atoms with Gasteiger partial charge in [-0.2, -0.15) is 0 Å². The van der Waals surface area contributed by atoms with Crippen molar-refractivity contribution < 1.29 is 27.8 Å². The van der Waals surface area contributed by atoms with Gasteiger partial charge in [-0.05, 0) is 79.7 Å². The van der Waals surface area contributed by atoms with Crippen molar-refractivity contribution in [3.63, 3.8) is 0 Å². The maximum atomic E-state index is 15.1. The lowest BCUT2D eigenvalue weighted by atomic mass is 9.78. The van der Waals surface area contributed by atoms with Crippen LogP contribution in [0.5, 0.6) is 11.5 Å². The number of hydrogen-bond acceptors (Lipinski definition) is 3. The second-order valence-corrected chi connectivity index (χ2v) is 9.81. The molecule has 6 heteroatoms. The Morgan fingerprint density at radius 3 is 2.24 bits per heavy atom. The highest BCUT2D eigenvalue weighted by Gasteiger charge is 2.27. The molecule has 3 aromatic rings. The summed E-state index contributed by atoms with van der Waals surface area (Å²) < 4.78 is 55.3. The van der Waals surface area contributed by atoms with Gasteiger partial charge < -0.3 is 14.6 Å². The molecular weight excluding hydrogens is 477 g/mol. The van der Waals surface area contributed by atoms with E-state index in [1.807, 2.05) is 6.92 Å². The molecule has 0 spiro atoms. The standard InChI is InChI=1S/C31H35F3O3/c1-3-5-28(35)23-12-10-22(11-13-23)26-16-15-25(30(33)31(26)34)21-8-6-20(7-9-21)19-37-24-14-17-29(36-4-2)27(32)18-24/h10-18,20-21,28,35H,3-9,19H2,1-2H3. The number of ether oxygens (including phenoxy) is 2. The van der Waals surface area contributed by atoms with Crippen molar-refractivity contribution >= 4 is 0 Å². The number of hydrogen-bond donors (Lipinski definition) is 1. The van der Waals surface area contributed by atoms with E-state index in [2.05, 4.69) is 0 Å². The third-order valence-electron chi connectivity index (χ3n) is 7.26. The van der Waals surface area contributed by atoms with Gasteiger partial charge in [0.15, 0.2) is 23.2 Å². The molecule has 1 aliphatic carbocycles. The first-order chi connectivity index (χ1) is 17.9. The summed E-state index contributed by atoms with van der Waals surface area (Å²) in [6.45, 7) is 4.65. The topological polar surface area (TPSA) is 38.7 Å². The Morgan fingerprint density at radius 2 is 1.59 bits per heavy atom. The molecule has 1 unspecified atom stereocenters. The van der Waals surface area contributed by atoms with Crippen molar-refractivity contribution in [3.05, 3.63) is 83.2 Å². The van der Waals surface area contributed by atoms with Gasteiger partial charge in [0, 0.05) is 11.6 Å². The number of halogens is 3. The maximum absolute atomic E-state index is 15.1. The van der Waals surface area contributed by atoms with E-state index >= 15 is 8.78 Å². The van der Waals surface area contributed by atoms with Gasteiger partial charge in [0.2, 0.25) is 0 Å². The third kappa shape index (κ3) is 6.48. The highest BCUT2D eigenvalue weighted by Crippen LogP contribution is 2.39. The Morgan fingerprint density at radius 1 is 0.865 bits per heavy atom. The largest absolute Gasteiger partial charge is 0.493 e. The Labute approximate surface area is 217 Å². The van der Waals surface area contributed by atoms with Gasteiger partial charge in [-0.1, -0.05) is 49.7 Å². The summed E-state index contributed by atoms with van der Waals surface area (Å²) in [5, 5.41) is 10.1. The lowest BCUT2D eigenvalue weighted by molar-refractivity contribution is 0.166. The predicted molar refractivity (Wildman–Crippen MR) is 139 cm³/mol. The molecule has 3 aromatic carbocycles. The van der Waals surface area contributed by atoms with Crippen molar-refractivity contribution in [1.29, 1.82) is 0 Å². The van der Waals surface area contributed by atoms with E-state index in [9.17, 15) is 9.50 Å². The summed E-state index contributed by atoms with van der Waals surface area (Å²) >= 11 is 0. The summed E-state index contributed by atoms with van der Waals surface area (Å²) in [6.07, 6.45) is 4.11. The molecule has 1 N–H and O–H groups in total. The molecule has 0 saturated heterocycles. The Hall–Kier alpha value is -2.99. The fraction of sp³-hybridized carbons (Fsp3) is 0.419. The fourth-order valence-electron chi connectivity index (χ4n) is 5.13. The maximum Gasteiger partial charge on any atom is 0.168 e. The first kappa shape index (κ1) is 27.1. The number of aliphatic hydroxyl groups excluding tert-OH is 1. The molecule has 1 aliphatic rings. The lowest BCUT2D eigenvalue weighted by Crippen LogP contribution is -2.20. The smallest absolute Gasteiger partial charge is 0.168 e. The first-order valence-corrected chi connectivity index (χ1v) is 13.2. The van der Waals surface area contributed by atoms with Crippen molar-refractivity contribution in [2.75, 3.05) is 13.2 Å². The van der Waals surface area contributed by atoms with Crippen molar-refractivity contribution in [3.8, 4) is 22.6 Å². The molecule has 0 bridgehead atoms. The molecule has 0 radical (unpaired) electrons. The molecule has 0 aromatic heterocycles. The Bertz CT molecular complexity index is 1170. The van der Waals surface area contributed by atoms with E-state index < -0.39 is 23.6 Å². The van der Waals surface area contributed by atoms with Crippen molar-refractivity contribution in [1.82, 2.24) is 0 Å². The van der Waals surface area contributed by atoms with Crippen LogP contribution in [0.3, 0.4) is 0 Å². The van der Waals surface area contributed by atoms with Gasteiger partial charge in [0.25, 0.3) is 0 Å². The van der Waals surface area contributed by atoms with Crippen molar-refractivity contribution in [2.45, 2.75) is 64.4 Å². The predicted octanol–water partition coefficient (Wildman–Crippen LogP) is 8.36. The van der Waals surface area contributed by atoms with E-state index in [-0.39, 0.29) is 23.1 Å². The molecular formula is C31H35F3O3. The second-order valence-electron chi connectivity index (χ2n) is 9.81. The molecule has 1 fully saturated rings. The van der Waals surface area contributed by atoms with Crippen LogP contribution in [-0.2, 0) is 0 Å². The van der Waals surface area contributed by atoms with Crippen molar-refractivity contribution in [2.24, 2.45) is 5.92 Å². The zero-order valence-electron chi connectivity index (χ0n) is 21.5. The number of aliphatic hydroxyl groups is 1. The Balaban J connectivity index is 1.35. The van der Waals surface area contributed by atoms with Crippen LogP contribution >= 0.6 is 0 Å². The molecule has 4 rings (SSSR count). The van der Waals surface area contributed by atoms with Gasteiger partial charge in [-0.25, -0.2) is 13.2 Å². The first-order valence-electron chi connectivity index (χ1n) is 13.2. The molecule has 3 nitrogen and oxygen atoms in total. The summed E-state index contributed by atoms with van der Waals surface area (Å²) in [4.78, 5) is 0. The van der Waals surface area contributed by atoms with E-state index in [1.165, 1.54) is 6.07 Å². The summed E-state index contributed by atoms with van der Waals surface area (Å²) in [6, 6.07) is 14.9. The highest BCUT2D eigenvalue weighted by atomic mass is 19.2. The second kappa shape index (κ2) is 12.5. The third-order valence-corrected chi connectivity index (χ3v) is 7.26. The van der Waals surface area contributed by atoms with Gasteiger partial charge in [0.05, 0.1) is 19.3 Å². The van der Waals surface area contributed by atoms with E-state index in [0.29, 0.717) is 36.5 Å². The number of benzene rings is 3. The average Bonchev–Trinajstić information content (AvgIpc) is 2.91. The minimum absolute atomic E-state index is 0.0470. The van der Waals surface area contributed by atoms with Crippen LogP contribution in [0.25, 0.3) is 11.1 Å². The molecule has 198 valence electrons. The van der Waals surface area contributed by atoms with E-state index in [1.54, 1.807) is 55.5 Å². The SMILES string of the molecule is CCCC(O)c1ccc(-c2ccc(C3CCC(COc4ccc(OCC)c(F)c4)CC3)c(F)c2F)cc1. The quantitative estimate of drug-likeness (QED) is 0.297. The van der Waals surface area contributed by atoms with Crippen LogP contribution in [-0.4, -0.2) is 18.3 Å². The minimum atomic E-state index is -0.831. The summed E-state index contributed by atoms with van der Waals surface area (Å²) in [5.41, 5.74) is 2.00. The zero-order chi connectivity index (χ0) is 26.4. The van der Waals surface area contributed by atoms with Gasteiger partial charge in [-0.15, -0.1) is 0 Å². The average molecular weight is 513 g/mol. The highest BCUT2D eigenvalue weighted by molar-refractivity contribution is 5.65. The fourth-order valence-corrected chi connectivity index (χ4v) is 5.13. The van der Waals surface area contributed by atoms with Crippen LogP contribution in [0.4, 0.5) is 13.2 Å². The van der Waals surface area contributed by atoms with Crippen LogP contribution in [0.1, 0.15) is 75.5 Å². The van der Waals surface area contributed by atoms with Crippen LogP contribution in [0.2, 0.25) is 0 Å². The van der Waals surface area contributed by atoms with Gasteiger partial charge in [0.1, 0.15) is 5.75 Å².